The van der Waals surface area contributed by atoms with Crippen LogP contribution in [-0.2, 0) is 0 Å². The standard InChI is InChI=1S/C7H2BrClF2N2/c8-6-5(9)4(7(10)11)3(1-12)2-13-6/h2,7H. The van der Waals surface area contributed by atoms with Gasteiger partial charge < -0.3 is 0 Å². The Morgan fingerprint density at radius 3 is 2.69 bits per heavy atom. The molecular formula is C7H2BrClF2N2. The van der Waals surface area contributed by atoms with E-state index in [-0.39, 0.29) is 15.2 Å². The van der Waals surface area contributed by atoms with Crippen LogP contribution in [0.4, 0.5) is 8.78 Å². The summed E-state index contributed by atoms with van der Waals surface area (Å²) >= 11 is 8.42. The smallest absolute Gasteiger partial charge is 0.246 e. The van der Waals surface area contributed by atoms with Gasteiger partial charge in [-0.05, 0) is 15.9 Å². The maximum Gasteiger partial charge on any atom is 0.266 e. The van der Waals surface area contributed by atoms with Gasteiger partial charge in [-0.15, -0.1) is 0 Å². The molecule has 6 heteroatoms. The molecule has 0 aliphatic carbocycles. The molecule has 0 bridgehead atoms. The van der Waals surface area contributed by atoms with Crippen molar-refractivity contribution >= 4 is 27.5 Å². The van der Waals surface area contributed by atoms with E-state index < -0.39 is 12.0 Å². The van der Waals surface area contributed by atoms with E-state index in [1.807, 2.05) is 0 Å². The van der Waals surface area contributed by atoms with E-state index in [4.69, 9.17) is 16.9 Å². The highest BCUT2D eigenvalue weighted by atomic mass is 79.9. The topological polar surface area (TPSA) is 36.7 Å². The molecule has 0 aliphatic heterocycles. The predicted octanol–water partition coefficient (Wildman–Crippen LogP) is 3.31. The number of pyridine rings is 1. The van der Waals surface area contributed by atoms with Crippen molar-refractivity contribution < 1.29 is 8.78 Å². The van der Waals surface area contributed by atoms with E-state index in [1.165, 1.54) is 0 Å². The lowest BCUT2D eigenvalue weighted by atomic mass is 10.1. The van der Waals surface area contributed by atoms with Crippen LogP contribution in [0.25, 0.3) is 0 Å². The van der Waals surface area contributed by atoms with Gasteiger partial charge in [0.15, 0.2) is 0 Å². The fourth-order valence-corrected chi connectivity index (χ4v) is 1.33. The average Bonchev–Trinajstić information content (AvgIpc) is 2.08. The molecule has 0 aliphatic rings. The first kappa shape index (κ1) is 10.4. The molecule has 0 fully saturated rings. The number of aromatic nitrogens is 1. The van der Waals surface area contributed by atoms with E-state index in [1.54, 1.807) is 6.07 Å². The lowest BCUT2D eigenvalue weighted by Crippen LogP contribution is -1.94. The monoisotopic (exact) mass is 266 g/mol. The SMILES string of the molecule is N#Cc1cnc(Br)c(Cl)c1C(F)F. The van der Waals surface area contributed by atoms with Crippen molar-refractivity contribution in [2.24, 2.45) is 0 Å². The number of halogens is 4. The molecule has 0 N–H and O–H groups in total. The molecule has 1 aromatic heterocycles. The van der Waals surface area contributed by atoms with Gasteiger partial charge in [-0.25, -0.2) is 13.8 Å². The zero-order valence-corrected chi connectivity index (χ0v) is 8.40. The second-order valence-corrected chi connectivity index (χ2v) is 3.23. The van der Waals surface area contributed by atoms with Crippen LogP contribution in [-0.4, -0.2) is 4.98 Å². The van der Waals surface area contributed by atoms with E-state index in [9.17, 15) is 8.78 Å². The Morgan fingerprint density at radius 2 is 2.23 bits per heavy atom. The van der Waals surface area contributed by atoms with Crippen molar-refractivity contribution in [1.29, 1.82) is 5.26 Å². The van der Waals surface area contributed by atoms with Crippen LogP contribution in [0.15, 0.2) is 10.8 Å². The molecule has 0 atom stereocenters. The van der Waals surface area contributed by atoms with Gasteiger partial charge in [0.1, 0.15) is 10.7 Å². The Kier molecular flexibility index (Phi) is 3.17. The van der Waals surface area contributed by atoms with Gasteiger partial charge in [-0.3, -0.25) is 0 Å². The van der Waals surface area contributed by atoms with Crippen LogP contribution < -0.4 is 0 Å². The van der Waals surface area contributed by atoms with Gasteiger partial charge in [0, 0.05) is 6.20 Å². The van der Waals surface area contributed by atoms with E-state index >= 15 is 0 Å². The van der Waals surface area contributed by atoms with Crippen molar-refractivity contribution in [1.82, 2.24) is 4.98 Å². The third-order valence-electron chi connectivity index (χ3n) is 1.35. The normalized spacial score (nSPS) is 10.2. The molecule has 0 unspecified atom stereocenters. The second kappa shape index (κ2) is 3.99. The minimum Gasteiger partial charge on any atom is -0.246 e. The zero-order valence-electron chi connectivity index (χ0n) is 6.06. The van der Waals surface area contributed by atoms with Gasteiger partial charge in [0.2, 0.25) is 0 Å². The fourth-order valence-electron chi connectivity index (χ4n) is 0.779. The van der Waals surface area contributed by atoms with E-state index in [0.717, 1.165) is 6.20 Å². The van der Waals surface area contributed by atoms with Gasteiger partial charge in [0.25, 0.3) is 6.43 Å². The third-order valence-corrected chi connectivity index (χ3v) is 2.57. The van der Waals surface area contributed by atoms with Crippen LogP contribution in [0.3, 0.4) is 0 Å². The van der Waals surface area contributed by atoms with Crippen LogP contribution in [0.2, 0.25) is 5.02 Å². The van der Waals surface area contributed by atoms with Crippen LogP contribution >= 0.6 is 27.5 Å². The second-order valence-electron chi connectivity index (χ2n) is 2.10. The Morgan fingerprint density at radius 1 is 1.62 bits per heavy atom. The first-order valence-corrected chi connectivity index (χ1v) is 4.27. The number of alkyl halides is 2. The van der Waals surface area contributed by atoms with Gasteiger partial charge in [0.05, 0.1) is 16.1 Å². The summed E-state index contributed by atoms with van der Waals surface area (Å²) < 4.78 is 24.9. The zero-order chi connectivity index (χ0) is 10.0. The number of nitriles is 1. The molecule has 1 heterocycles. The predicted molar refractivity (Wildman–Crippen MR) is 46.6 cm³/mol. The van der Waals surface area contributed by atoms with Crippen LogP contribution in [0.5, 0.6) is 0 Å². The van der Waals surface area contributed by atoms with Gasteiger partial charge >= 0.3 is 0 Å². The van der Waals surface area contributed by atoms with Crippen molar-refractivity contribution in [2.45, 2.75) is 6.43 Å². The summed E-state index contributed by atoms with van der Waals surface area (Å²) in [6.45, 7) is 0. The Balaban J connectivity index is 3.43. The highest BCUT2D eigenvalue weighted by molar-refractivity contribution is 9.10. The lowest BCUT2D eigenvalue weighted by molar-refractivity contribution is 0.151. The largest absolute Gasteiger partial charge is 0.266 e. The summed E-state index contributed by atoms with van der Waals surface area (Å²) in [6.07, 6.45) is -1.72. The number of hydrogen-bond donors (Lipinski definition) is 0. The van der Waals surface area contributed by atoms with E-state index in [2.05, 4.69) is 20.9 Å². The molecule has 68 valence electrons. The van der Waals surface area contributed by atoms with Crippen LogP contribution in [0, 0.1) is 11.3 Å². The molecule has 2 nitrogen and oxygen atoms in total. The van der Waals surface area contributed by atoms with Crippen molar-refractivity contribution in [3.05, 3.63) is 26.9 Å². The molecule has 13 heavy (non-hydrogen) atoms. The summed E-state index contributed by atoms with van der Waals surface area (Å²) in [4.78, 5) is 3.62. The number of rotatable bonds is 1. The lowest BCUT2D eigenvalue weighted by Gasteiger charge is -2.05. The summed E-state index contributed by atoms with van der Waals surface area (Å²) in [5, 5.41) is 8.27. The van der Waals surface area contributed by atoms with Gasteiger partial charge in [-0.2, -0.15) is 5.26 Å². The van der Waals surface area contributed by atoms with Crippen molar-refractivity contribution in [3.63, 3.8) is 0 Å². The number of hydrogen-bond acceptors (Lipinski definition) is 2. The van der Waals surface area contributed by atoms with E-state index in [0.29, 0.717) is 0 Å². The van der Waals surface area contributed by atoms with Crippen LogP contribution in [0.1, 0.15) is 17.6 Å². The minimum absolute atomic E-state index is 0.114. The summed E-state index contributed by atoms with van der Waals surface area (Å²) in [5.41, 5.74) is -0.686. The maximum atomic E-state index is 12.4. The molecule has 1 rings (SSSR count). The Hall–Kier alpha value is -0.730. The molecule has 0 radical (unpaired) electrons. The molecule has 0 saturated heterocycles. The molecule has 0 aromatic carbocycles. The summed E-state index contributed by atoms with van der Waals surface area (Å²) in [7, 11) is 0. The highest BCUT2D eigenvalue weighted by Crippen LogP contribution is 2.33. The highest BCUT2D eigenvalue weighted by Gasteiger charge is 2.19. The van der Waals surface area contributed by atoms with Gasteiger partial charge in [-0.1, -0.05) is 11.6 Å². The molecule has 0 saturated carbocycles. The molecular weight excluding hydrogens is 265 g/mol. The molecule has 0 spiro atoms. The maximum absolute atomic E-state index is 12.4. The first-order valence-electron chi connectivity index (χ1n) is 3.10. The third kappa shape index (κ3) is 1.95. The fraction of sp³-hybridized carbons (Fsp3) is 0.143. The quantitative estimate of drug-likeness (QED) is 0.732. The Bertz CT molecular complexity index is 375. The van der Waals surface area contributed by atoms with Crippen molar-refractivity contribution in [3.8, 4) is 6.07 Å². The minimum atomic E-state index is -2.78. The summed E-state index contributed by atoms with van der Waals surface area (Å²) in [5.74, 6) is 0. The van der Waals surface area contributed by atoms with Crippen molar-refractivity contribution in [2.75, 3.05) is 0 Å². The summed E-state index contributed by atoms with van der Waals surface area (Å²) in [6, 6.07) is 1.60. The molecule has 0 amide bonds. The molecule has 1 aromatic rings. The Labute approximate surface area is 86.3 Å². The first-order chi connectivity index (χ1) is 6.07. The number of nitrogens with zero attached hydrogens (tertiary/aromatic N) is 2. The average molecular weight is 267 g/mol.